The fourth-order valence-corrected chi connectivity index (χ4v) is 2.16. The first-order valence-electron chi connectivity index (χ1n) is 9.17. The number of aliphatic hydroxyl groups excluding tert-OH is 1. The number of aryl methyl sites for hydroxylation is 1. The Morgan fingerprint density at radius 3 is 1.77 bits per heavy atom. The monoisotopic (exact) mass is 426 g/mol. The van der Waals surface area contributed by atoms with Gasteiger partial charge in [-0.1, -0.05) is 38.6 Å². The first-order valence-corrected chi connectivity index (χ1v) is 9.17. The number of ether oxygens (including phenoxy) is 1. The number of nitriles is 2. The summed E-state index contributed by atoms with van der Waals surface area (Å²) in [6.07, 6.45) is 1.20. The third-order valence-electron chi connectivity index (χ3n) is 3.29. The Balaban J connectivity index is -0.000000451. The Bertz CT molecular complexity index is 847. The molecule has 0 heterocycles. The topological polar surface area (TPSA) is 142 Å². The van der Waals surface area contributed by atoms with Crippen molar-refractivity contribution in [1.29, 1.82) is 21.6 Å². The second kappa shape index (κ2) is 18.5. The van der Waals surface area contributed by atoms with Crippen molar-refractivity contribution in [2.24, 2.45) is 0 Å². The molecule has 0 radical (unpaired) electrons. The molecule has 3 N–H and O–H groups in total. The molecule has 0 aliphatic heterocycles. The van der Waals surface area contributed by atoms with Crippen LogP contribution in [0.5, 0.6) is 0 Å². The number of esters is 1. The van der Waals surface area contributed by atoms with Crippen molar-refractivity contribution < 1.29 is 14.6 Å². The minimum Gasteiger partial charge on any atom is -0.460 e. The van der Waals surface area contributed by atoms with Crippen LogP contribution < -0.4 is 0 Å². The molecule has 0 unspecified atom stereocenters. The van der Waals surface area contributed by atoms with E-state index in [-0.39, 0.29) is 19.8 Å². The molecule has 0 atom stereocenters. The van der Waals surface area contributed by atoms with E-state index in [1.807, 2.05) is 57.2 Å². The highest BCUT2D eigenvalue weighted by Crippen LogP contribution is 2.11. The van der Waals surface area contributed by atoms with Crippen LogP contribution in [0.25, 0.3) is 0 Å². The molecular formula is C24H34N4O3. The predicted molar refractivity (Wildman–Crippen MR) is 122 cm³/mol. The van der Waals surface area contributed by atoms with E-state index < -0.39 is 5.60 Å². The number of nitrogens with one attached hydrogen (secondary N) is 2. The highest BCUT2D eigenvalue weighted by molar-refractivity contribution is 5.73. The summed E-state index contributed by atoms with van der Waals surface area (Å²) in [7, 11) is 1.00. The summed E-state index contributed by atoms with van der Waals surface area (Å²) in [5, 5.41) is 24.2. The SMILES string of the molecule is C.CC(C)(C)OC(=O)Cc1cccc(C#N)c1.CCc1cccc(C#N)c1.CO.N=N. The molecule has 7 heteroatoms. The molecule has 7 nitrogen and oxygen atoms in total. The largest absolute Gasteiger partial charge is 0.460 e. The van der Waals surface area contributed by atoms with E-state index in [4.69, 9.17) is 31.4 Å². The van der Waals surface area contributed by atoms with Gasteiger partial charge in [0.1, 0.15) is 5.60 Å². The number of carbonyl (C=O) groups is 1. The number of benzene rings is 2. The van der Waals surface area contributed by atoms with Gasteiger partial charge >= 0.3 is 5.97 Å². The standard InChI is InChI=1S/C13H15NO2.C9H9N.CH4O.CH4.H2N2/c1-13(2,3)16-12(15)8-10-5-4-6-11(7-10)9-14;1-2-8-4-3-5-9(6-8)7-10;1-2;;1-2/h4-7H,8H2,1-3H3;3-6H,2H2,1H3;2H,1H3;1H4;1-2H. The third-order valence-corrected chi connectivity index (χ3v) is 3.29. The van der Waals surface area contributed by atoms with Crippen LogP contribution in [0, 0.1) is 33.7 Å². The van der Waals surface area contributed by atoms with Gasteiger partial charge in [-0.3, -0.25) is 4.79 Å². The zero-order valence-electron chi connectivity index (χ0n) is 18.2. The number of aliphatic hydroxyl groups is 1. The minimum atomic E-state index is -0.468. The molecule has 2 aromatic rings. The van der Waals surface area contributed by atoms with Crippen LogP contribution in [-0.4, -0.2) is 23.8 Å². The Morgan fingerprint density at radius 1 is 0.968 bits per heavy atom. The molecule has 0 aromatic heterocycles. The van der Waals surface area contributed by atoms with E-state index in [1.165, 1.54) is 5.56 Å². The van der Waals surface area contributed by atoms with E-state index in [0.29, 0.717) is 5.56 Å². The van der Waals surface area contributed by atoms with Crippen LogP contribution in [-0.2, 0) is 22.4 Å². The Kier molecular flexibility index (Phi) is 19.1. The Morgan fingerprint density at radius 2 is 1.39 bits per heavy atom. The fourth-order valence-electron chi connectivity index (χ4n) is 2.16. The fraction of sp³-hybridized carbons (Fsp3) is 0.375. The van der Waals surface area contributed by atoms with Gasteiger partial charge in [-0.05, 0) is 62.6 Å². The van der Waals surface area contributed by atoms with Crippen molar-refractivity contribution in [3.05, 3.63) is 70.8 Å². The molecule has 2 rings (SSSR count). The molecular weight excluding hydrogens is 392 g/mol. The van der Waals surface area contributed by atoms with Gasteiger partial charge in [0.05, 0.1) is 29.7 Å². The van der Waals surface area contributed by atoms with Gasteiger partial charge in [0.15, 0.2) is 0 Å². The van der Waals surface area contributed by atoms with Crippen molar-refractivity contribution in [1.82, 2.24) is 0 Å². The van der Waals surface area contributed by atoms with E-state index in [2.05, 4.69) is 13.0 Å². The summed E-state index contributed by atoms with van der Waals surface area (Å²) in [5.74, 6) is -0.275. The molecule has 2 aromatic carbocycles. The lowest BCUT2D eigenvalue weighted by Crippen LogP contribution is -2.24. The first-order chi connectivity index (χ1) is 14.3. The van der Waals surface area contributed by atoms with Crippen LogP contribution in [0.1, 0.15) is 57.4 Å². The van der Waals surface area contributed by atoms with Crippen LogP contribution in [0.4, 0.5) is 0 Å². The normalized spacial score (nSPS) is 8.65. The van der Waals surface area contributed by atoms with Gasteiger partial charge in [0.25, 0.3) is 0 Å². The second-order valence-electron chi connectivity index (χ2n) is 6.74. The van der Waals surface area contributed by atoms with Crippen molar-refractivity contribution in [3.8, 4) is 12.1 Å². The van der Waals surface area contributed by atoms with Gasteiger partial charge in [0.2, 0.25) is 0 Å². The number of carbonyl (C=O) groups excluding carboxylic acids is 1. The van der Waals surface area contributed by atoms with Gasteiger partial charge in [-0.15, -0.1) is 0 Å². The molecule has 0 amide bonds. The highest BCUT2D eigenvalue weighted by Gasteiger charge is 2.16. The van der Waals surface area contributed by atoms with Gasteiger partial charge in [0, 0.05) is 7.11 Å². The van der Waals surface area contributed by atoms with Crippen LogP contribution in [0.2, 0.25) is 0 Å². The molecule has 0 aliphatic carbocycles. The predicted octanol–water partition coefficient (Wildman–Crippen LogP) is 5.40. The average Bonchev–Trinajstić information content (AvgIpc) is 2.75. The number of hydrogen-bond acceptors (Lipinski definition) is 7. The summed E-state index contributed by atoms with van der Waals surface area (Å²) in [4.78, 5) is 11.5. The number of rotatable bonds is 3. The maximum Gasteiger partial charge on any atom is 0.310 e. The van der Waals surface area contributed by atoms with Crippen molar-refractivity contribution >= 4 is 5.97 Å². The number of hydrogen-bond donors (Lipinski definition) is 3. The van der Waals surface area contributed by atoms with Gasteiger partial charge in [-0.2, -0.15) is 10.5 Å². The average molecular weight is 427 g/mol. The lowest BCUT2D eigenvalue weighted by atomic mass is 10.1. The maximum absolute atomic E-state index is 11.5. The Hall–Kier alpha value is -3.55. The van der Waals surface area contributed by atoms with E-state index in [1.54, 1.807) is 18.2 Å². The lowest BCUT2D eigenvalue weighted by Gasteiger charge is -2.19. The molecule has 0 bridgehead atoms. The molecule has 31 heavy (non-hydrogen) atoms. The van der Waals surface area contributed by atoms with Crippen LogP contribution in [0.15, 0.2) is 48.5 Å². The van der Waals surface area contributed by atoms with Gasteiger partial charge < -0.3 is 9.84 Å². The maximum atomic E-state index is 11.5. The zero-order chi connectivity index (χ0) is 23.6. The summed E-state index contributed by atoms with van der Waals surface area (Å²) in [6.45, 7) is 7.57. The second-order valence-corrected chi connectivity index (χ2v) is 6.74. The van der Waals surface area contributed by atoms with Crippen LogP contribution in [0.3, 0.4) is 0 Å². The molecule has 0 spiro atoms. The number of nitrogens with zero attached hydrogens (tertiary/aromatic N) is 2. The van der Waals surface area contributed by atoms with Crippen molar-refractivity contribution in [2.75, 3.05) is 7.11 Å². The lowest BCUT2D eigenvalue weighted by molar-refractivity contribution is -0.153. The molecule has 0 fully saturated rings. The molecule has 168 valence electrons. The highest BCUT2D eigenvalue weighted by atomic mass is 16.6. The summed E-state index contributed by atoms with van der Waals surface area (Å²) in [5.41, 5.74) is 12.9. The quantitative estimate of drug-likeness (QED) is 0.444. The summed E-state index contributed by atoms with van der Waals surface area (Å²) >= 11 is 0. The van der Waals surface area contributed by atoms with E-state index >= 15 is 0 Å². The first kappa shape index (κ1) is 32.1. The third kappa shape index (κ3) is 16.0. The van der Waals surface area contributed by atoms with Gasteiger partial charge in [-0.25, -0.2) is 11.1 Å². The van der Waals surface area contributed by atoms with E-state index in [9.17, 15) is 4.79 Å². The zero-order valence-corrected chi connectivity index (χ0v) is 18.2. The molecule has 0 saturated heterocycles. The summed E-state index contributed by atoms with van der Waals surface area (Å²) < 4.78 is 5.19. The smallest absolute Gasteiger partial charge is 0.310 e. The minimum absolute atomic E-state index is 0. The van der Waals surface area contributed by atoms with E-state index in [0.717, 1.165) is 24.7 Å². The molecule has 0 aliphatic rings. The van der Waals surface area contributed by atoms with Crippen molar-refractivity contribution in [2.45, 2.75) is 53.6 Å². The molecule has 0 saturated carbocycles. The van der Waals surface area contributed by atoms with Crippen LogP contribution >= 0.6 is 0 Å². The van der Waals surface area contributed by atoms with Crippen molar-refractivity contribution in [3.63, 3.8) is 0 Å². The Labute approximate surface area is 186 Å². The summed E-state index contributed by atoms with van der Waals surface area (Å²) in [6, 6.07) is 18.8.